The molecule has 0 saturated heterocycles. The number of nitrogens with zero attached hydrogens (tertiary/aromatic N) is 1. The van der Waals surface area contributed by atoms with Crippen LogP contribution in [0.3, 0.4) is 0 Å². The minimum atomic E-state index is -0.201. The van der Waals surface area contributed by atoms with Gasteiger partial charge in [0.15, 0.2) is 0 Å². The number of nitrogens with one attached hydrogen (secondary N) is 1. The van der Waals surface area contributed by atoms with Crippen LogP contribution in [-0.2, 0) is 4.79 Å². The minimum absolute atomic E-state index is 0.0267. The van der Waals surface area contributed by atoms with Crippen LogP contribution >= 0.6 is 11.8 Å². The maximum Gasteiger partial charge on any atom is 0.261 e. The average molecular weight is 382 g/mol. The van der Waals surface area contributed by atoms with Gasteiger partial charge in [-0.05, 0) is 55.0 Å². The number of hydrogen-bond acceptors (Lipinski definition) is 4. The Morgan fingerprint density at radius 3 is 2.22 bits per heavy atom. The van der Waals surface area contributed by atoms with E-state index < -0.39 is 0 Å². The summed E-state index contributed by atoms with van der Waals surface area (Å²) in [5, 5.41) is 2.86. The van der Waals surface area contributed by atoms with Crippen LogP contribution in [0.15, 0.2) is 53.4 Å². The molecule has 2 aromatic rings. The first-order valence-electron chi connectivity index (χ1n) is 9.08. The van der Waals surface area contributed by atoms with E-state index in [1.807, 2.05) is 31.2 Å². The highest BCUT2D eigenvalue weighted by molar-refractivity contribution is 7.99. The van der Waals surface area contributed by atoms with Gasteiger partial charge in [0, 0.05) is 23.5 Å². The molecule has 2 aromatic carbocycles. The third-order valence-electron chi connectivity index (χ3n) is 4.29. The Balaban J connectivity index is 1.45. The summed E-state index contributed by atoms with van der Waals surface area (Å²) in [7, 11) is 0. The quantitative estimate of drug-likeness (QED) is 0.422. The Labute approximate surface area is 163 Å². The van der Waals surface area contributed by atoms with Gasteiger partial charge in [-0.15, -0.1) is 11.8 Å². The van der Waals surface area contributed by atoms with Gasteiger partial charge >= 0.3 is 0 Å². The predicted octanol–water partition coefficient (Wildman–Crippen LogP) is 4.20. The zero-order valence-electron chi connectivity index (χ0n) is 15.2. The molecule has 1 heterocycles. The van der Waals surface area contributed by atoms with E-state index in [-0.39, 0.29) is 17.7 Å². The third-order valence-corrected chi connectivity index (χ3v) is 5.39. The Hall–Kier alpha value is -2.60. The molecule has 3 amide bonds. The van der Waals surface area contributed by atoms with Gasteiger partial charge in [0.2, 0.25) is 5.91 Å². The van der Waals surface area contributed by atoms with Crippen molar-refractivity contribution in [2.24, 2.45) is 0 Å². The second kappa shape index (κ2) is 8.86. The molecule has 6 heteroatoms. The molecule has 0 atom stereocenters. The van der Waals surface area contributed by atoms with Crippen LogP contribution in [0.4, 0.5) is 5.69 Å². The number of hydrogen-bond donors (Lipinski definition) is 1. The van der Waals surface area contributed by atoms with E-state index in [9.17, 15) is 14.4 Å². The summed E-state index contributed by atoms with van der Waals surface area (Å²) in [6, 6.07) is 14.7. The first kappa shape index (κ1) is 19.2. The van der Waals surface area contributed by atoms with Crippen LogP contribution in [0.1, 0.15) is 46.9 Å². The molecule has 1 aliphatic rings. The molecule has 5 nitrogen and oxygen atoms in total. The lowest BCUT2D eigenvalue weighted by Crippen LogP contribution is -2.30. The number of carbonyl (C=O) groups is 3. The maximum atomic E-state index is 12.3. The average Bonchev–Trinajstić information content (AvgIpc) is 2.91. The highest BCUT2D eigenvalue weighted by Crippen LogP contribution is 2.24. The van der Waals surface area contributed by atoms with Gasteiger partial charge in [-0.2, -0.15) is 0 Å². The molecule has 1 aliphatic heterocycles. The minimum Gasteiger partial charge on any atom is -0.326 e. The molecule has 0 fully saturated rings. The lowest BCUT2D eigenvalue weighted by molar-refractivity contribution is -0.116. The SMILES string of the molecule is CCCC(=O)Nc1ccc(SCCCN2C(=O)c3ccccc3C2=O)cc1. The van der Waals surface area contributed by atoms with Gasteiger partial charge in [0.25, 0.3) is 11.8 Å². The highest BCUT2D eigenvalue weighted by Gasteiger charge is 2.34. The fraction of sp³-hybridized carbons (Fsp3) is 0.286. The summed E-state index contributed by atoms with van der Waals surface area (Å²) in [6.45, 7) is 2.39. The van der Waals surface area contributed by atoms with E-state index in [4.69, 9.17) is 0 Å². The van der Waals surface area contributed by atoms with Gasteiger partial charge in [-0.1, -0.05) is 19.1 Å². The van der Waals surface area contributed by atoms with Crippen molar-refractivity contribution in [3.8, 4) is 0 Å². The fourth-order valence-corrected chi connectivity index (χ4v) is 3.78. The molecule has 0 radical (unpaired) electrons. The standard InChI is InChI=1S/C21H22N2O3S/c1-2-6-19(24)22-15-9-11-16(12-10-15)27-14-5-13-23-20(25)17-7-3-4-8-18(17)21(23)26/h3-4,7-12H,2,5-6,13-14H2,1H3,(H,22,24). The van der Waals surface area contributed by atoms with Crippen molar-refractivity contribution in [2.45, 2.75) is 31.1 Å². The van der Waals surface area contributed by atoms with Crippen molar-refractivity contribution >= 4 is 35.2 Å². The zero-order valence-corrected chi connectivity index (χ0v) is 16.1. The predicted molar refractivity (Wildman–Crippen MR) is 107 cm³/mol. The van der Waals surface area contributed by atoms with Crippen molar-refractivity contribution in [3.05, 3.63) is 59.7 Å². The van der Waals surface area contributed by atoms with Crippen LogP contribution in [0.25, 0.3) is 0 Å². The first-order chi connectivity index (χ1) is 13.1. The zero-order chi connectivity index (χ0) is 19.2. The number of benzene rings is 2. The van der Waals surface area contributed by atoms with E-state index in [1.165, 1.54) is 4.90 Å². The number of anilines is 1. The molecule has 27 heavy (non-hydrogen) atoms. The molecule has 1 N–H and O–H groups in total. The first-order valence-corrected chi connectivity index (χ1v) is 10.1. The summed E-state index contributed by atoms with van der Waals surface area (Å²) < 4.78 is 0. The number of thioether (sulfide) groups is 1. The fourth-order valence-electron chi connectivity index (χ4n) is 2.94. The second-order valence-corrected chi connectivity index (χ2v) is 7.50. The number of amides is 3. The molecule has 0 saturated carbocycles. The Kier molecular flexibility index (Phi) is 6.29. The van der Waals surface area contributed by atoms with E-state index in [0.29, 0.717) is 24.1 Å². The maximum absolute atomic E-state index is 12.3. The van der Waals surface area contributed by atoms with Crippen molar-refractivity contribution in [1.82, 2.24) is 4.90 Å². The molecule has 0 spiro atoms. The molecule has 140 valence electrons. The topological polar surface area (TPSA) is 66.5 Å². The van der Waals surface area contributed by atoms with Crippen molar-refractivity contribution < 1.29 is 14.4 Å². The Morgan fingerprint density at radius 2 is 1.63 bits per heavy atom. The lowest BCUT2D eigenvalue weighted by Gasteiger charge is -2.13. The molecule has 0 unspecified atom stereocenters. The van der Waals surface area contributed by atoms with Gasteiger partial charge in [0.05, 0.1) is 11.1 Å². The Morgan fingerprint density at radius 1 is 1.00 bits per heavy atom. The largest absolute Gasteiger partial charge is 0.326 e. The number of rotatable bonds is 8. The van der Waals surface area contributed by atoms with Crippen LogP contribution in [0.5, 0.6) is 0 Å². The highest BCUT2D eigenvalue weighted by atomic mass is 32.2. The van der Waals surface area contributed by atoms with Crippen molar-refractivity contribution in [2.75, 3.05) is 17.6 Å². The van der Waals surface area contributed by atoms with Crippen LogP contribution in [0.2, 0.25) is 0 Å². The van der Waals surface area contributed by atoms with E-state index >= 15 is 0 Å². The number of carbonyl (C=O) groups excluding carboxylic acids is 3. The van der Waals surface area contributed by atoms with E-state index in [0.717, 1.165) is 29.2 Å². The molecule has 0 bridgehead atoms. The molecule has 0 aliphatic carbocycles. The summed E-state index contributed by atoms with van der Waals surface area (Å²) in [6.07, 6.45) is 2.08. The number of fused-ring (bicyclic) bond motifs is 1. The van der Waals surface area contributed by atoms with Gasteiger partial charge < -0.3 is 5.32 Å². The lowest BCUT2D eigenvalue weighted by atomic mass is 10.1. The van der Waals surface area contributed by atoms with Gasteiger partial charge in [0.1, 0.15) is 0 Å². The van der Waals surface area contributed by atoms with Gasteiger partial charge in [-0.3, -0.25) is 19.3 Å². The van der Waals surface area contributed by atoms with E-state index in [2.05, 4.69) is 5.32 Å². The van der Waals surface area contributed by atoms with Crippen LogP contribution < -0.4 is 5.32 Å². The monoisotopic (exact) mass is 382 g/mol. The molecular weight excluding hydrogens is 360 g/mol. The summed E-state index contributed by atoms with van der Waals surface area (Å²) in [5.41, 5.74) is 1.79. The Bertz CT molecular complexity index is 814. The third kappa shape index (κ3) is 4.57. The van der Waals surface area contributed by atoms with Crippen molar-refractivity contribution in [1.29, 1.82) is 0 Å². The van der Waals surface area contributed by atoms with Crippen LogP contribution in [0, 0.1) is 0 Å². The normalized spacial score (nSPS) is 13.0. The molecule has 0 aromatic heterocycles. The smallest absolute Gasteiger partial charge is 0.261 e. The molecular formula is C21H22N2O3S. The van der Waals surface area contributed by atoms with Crippen LogP contribution in [-0.4, -0.2) is 34.9 Å². The molecule has 3 rings (SSSR count). The summed E-state index contributed by atoms with van der Waals surface area (Å²) in [5.74, 6) is 0.425. The van der Waals surface area contributed by atoms with E-state index in [1.54, 1.807) is 36.0 Å². The summed E-state index contributed by atoms with van der Waals surface area (Å²) >= 11 is 1.67. The summed E-state index contributed by atoms with van der Waals surface area (Å²) in [4.78, 5) is 38.6. The van der Waals surface area contributed by atoms with Crippen molar-refractivity contribution in [3.63, 3.8) is 0 Å². The number of imide groups is 1. The second-order valence-electron chi connectivity index (χ2n) is 6.33. The van der Waals surface area contributed by atoms with Gasteiger partial charge in [-0.25, -0.2) is 0 Å².